The van der Waals surface area contributed by atoms with Crippen LogP contribution in [0.4, 0.5) is 4.79 Å². The number of ether oxygens (including phenoxy) is 8. The molecule has 3 fully saturated rings. The SMILES string of the molecule is CC[C@H]1OC(=O)[C@H](C)[C@@H](O[C@H]2C[C@@](C)(OC)[C@@H](O)[C@H](C)O2)[C@H](C)[C@@H](O[C@@H]2O[C@H](C)C[C@H](N(C)C)[C@H]2OC(C)=O)[C@](C)(O)C[C@@H](C)CN(C)[C@H](C)[C@@H](OC(=O)NCCCCCC[P+](c2ccccc2)(c2ccccc2)c2ccccc2)[C@]1(C)O. The minimum Gasteiger partial charge on any atom is -0.459 e. The van der Waals surface area contributed by atoms with E-state index in [1.807, 2.05) is 58.6 Å². The number of carbonyl (C=O) groups excluding carboxylic acids is 3. The first-order valence-electron chi connectivity index (χ1n) is 30.2. The first-order chi connectivity index (χ1) is 39.2. The highest BCUT2D eigenvalue weighted by Gasteiger charge is 2.54. The quantitative estimate of drug-likeness (QED) is 0.0392. The van der Waals surface area contributed by atoms with Crippen molar-refractivity contribution in [2.24, 2.45) is 17.8 Å². The molecule has 0 radical (unpaired) electrons. The number of cyclic esters (lactones) is 1. The van der Waals surface area contributed by atoms with E-state index in [1.54, 1.807) is 34.6 Å². The zero-order chi connectivity index (χ0) is 61.0. The van der Waals surface area contributed by atoms with Crippen molar-refractivity contribution in [2.75, 3.05) is 47.5 Å². The number of amides is 1. The van der Waals surface area contributed by atoms with Gasteiger partial charge in [-0.1, -0.05) is 81.8 Å². The molecule has 0 unspecified atom stereocenters. The van der Waals surface area contributed by atoms with Crippen LogP contribution < -0.4 is 21.2 Å². The van der Waals surface area contributed by atoms with Crippen molar-refractivity contribution in [3.8, 4) is 0 Å². The molecule has 0 saturated carbocycles. The first-order valence-corrected chi connectivity index (χ1v) is 32.2. The van der Waals surface area contributed by atoms with Crippen LogP contribution >= 0.6 is 7.26 Å². The smallest absolute Gasteiger partial charge is 0.407 e. The van der Waals surface area contributed by atoms with Crippen LogP contribution in [-0.4, -0.2) is 181 Å². The largest absolute Gasteiger partial charge is 0.459 e. The van der Waals surface area contributed by atoms with Crippen LogP contribution in [-0.2, 0) is 47.5 Å². The molecule has 0 aromatic heterocycles. The van der Waals surface area contributed by atoms with Crippen LogP contribution in [0.25, 0.3) is 0 Å². The summed E-state index contributed by atoms with van der Waals surface area (Å²) in [4.78, 5) is 45.8. The molecule has 6 rings (SSSR count). The molecule has 3 aliphatic rings. The Morgan fingerprint density at radius 3 is 1.88 bits per heavy atom. The number of nitrogens with zero attached hydrogens (tertiary/aromatic N) is 2. The highest BCUT2D eigenvalue weighted by atomic mass is 31.2. The molecule has 0 aliphatic carbocycles. The number of likely N-dealkylation sites (N-methyl/N-ethyl adjacent to an activating group) is 2. The molecular formula is C65H101N3O14P+. The monoisotopic (exact) mass is 1180 g/mol. The fraction of sp³-hybridized carbons (Fsp3) is 0.677. The molecule has 0 spiro atoms. The number of rotatable bonds is 19. The minimum atomic E-state index is -1.97. The topological polar surface area (TPSA) is 204 Å². The van der Waals surface area contributed by atoms with Crippen molar-refractivity contribution in [3.05, 3.63) is 91.0 Å². The molecule has 1 amide bonds. The van der Waals surface area contributed by atoms with Crippen molar-refractivity contribution in [1.82, 2.24) is 15.1 Å². The molecule has 3 aromatic rings. The maximum atomic E-state index is 15.0. The lowest BCUT2D eigenvalue weighted by Crippen LogP contribution is -2.61. The van der Waals surface area contributed by atoms with Crippen LogP contribution in [0.2, 0.25) is 0 Å². The third-order valence-electron chi connectivity index (χ3n) is 18.0. The van der Waals surface area contributed by atoms with Gasteiger partial charge in [0.25, 0.3) is 0 Å². The molecular weight excluding hydrogens is 1080 g/mol. The maximum absolute atomic E-state index is 15.0. The summed E-state index contributed by atoms with van der Waals surface area (Å²) in [6, 6.07) is 31.6. The molecule has 464 valence electrons. The van der Waals surface area contributed by atoms with Gasteiger partial charge in [-0.3, -0.25) is 14.5 Å². The summed E-state index contributed by atoms with van der Waals surface area (Å²) in [7, 11) is 5.20. The minimum absolute atomic E-state index is 0.0822. The molecule has 3 saturated heterocycles. The Kier molecular flexibility index (Phi) is 24.6. The Bertz CT molecular complexity index is 2380. The molecule has 18 atom stereocenters. The third kappa shape index (κ3) is 16.7. The molecule has 3 heterocycles. The van der Waals surface area contributed by atoms with Crippen molar-refractivity contribution in [1.29, 1.82) is 0 Å². The van der Waals surface area contributed by atoms with E-state index >= 15 is 4.79 Å². The summed E-state index contributed by atoms with van der Waals surface area (Å²) in [5.41, 5.74) is -4.69. The van der Waals surface area contributed by atoms with Crippen molar-refractivity contribution >= 4 is 41.2 Å². The molecule has 4 N–H and O–H groups in total. The van der Waals surface area contributed by atoms with E-state index in [-0.39, 0.29) is 37.3 Å². The van der Waals surface area contributed by atoms with Gasteiger partial charge in [0.2, 0.25) is 0 Å². The van der Waals surface area contributed by atoms with Gasteiger partial charge in [-0.15, -0.1) is 0 Å². The normalized spacial score (nSPS) is 35.4. The lowest BCUT2D eigenvalue weighted by molar-refractivity contribution is -0.318. The van der Waals surface area contributed by atoms with Gasteiger partial charge in [-0.2, -0.15) is 0 Å². The predicted molar refractivity (Wildman–Crippen MR) is 324 cm³/mol. The number of aliphatic hydroxyl groups is 3. The molecule has 3 aliphatic heterocycles. The Morgan fingerprint density at radius 1 is 0.783 bits per heavy atom. The number of carbonyl (C=O) groups is 3. The van der Waals surface area contributed by atoms with Crippen LogP contribution in [0, 0.1) is 17.8 Å². The first kappa shape index (κ1) is 68.0. The number of hydrogen-bond donors (Lipinski definition) is 4. The van der Waals surface area contributed by atoms with E-state index < -0.39 is 115 Å². The van der Waals surface area contributed by atoms with E-state index in [0.717, 1.165) is 25.4 Å². The average Bonchev–Trinajstić information content (AvgIpc) is 2.94. The van der Waals surface area contributed by atoms with Crippen LogP contribution in [0.3, 0.4) is 0 Å². The molecule has 17 nitrogen and oxygen atoms in total. The van der Waals surface area contributed by atoms with Crippen LogP contribution in [0.1, 0.15) is 128 Å². The second kappa shape index (κ2) is 30.0. The van der Waals surface area contributed by atoms with Crippen molar-refractivity contribution < 1.29 is 67.6 Å². The van der Waals surface area contributed by atoms with Gasteiger partial charge >= 0.3 is 18.0 Å². The number of esters is 2. The molecule has 0 bridgehead atoms. The standard InChI is InChI=1S/C65H100N3O14P/c1-16-53-65(11,74)59(82-62(72)66-36-28-17-18-29-37-83(49-30-22-19-23-31-49,50-32-24-20-25-33-50)51-34-26-21-27-35-51)46(6)68(14)41-42(2)39-63(9,73)58(81-61-56(78-48(8)69)52(67(12)13)38-43(3)76-61)44(4)55(45(5)60(71)79-53)80-54-40-64(10,75-15)57(70)47(7)77-54/h19-27,30-35,42-47,52-59,61,70,73-74H,16-18,28-29,36-41H2,1-15H3/p+1/t42-,43-,44+,45-,46-,47+,52+,53-,54+,55+,56-,57+,58-,59-,61+,63-,64-,65-/m1/s1. The van der Waals surface area contributed by atoms with Gasteiger partial charge in [-0.25, -0.2) is 4.79 Å². The Balaban J connectivity index is 1.25. The number of nitrogens with one attached hydrogen (secondary N) is 1. The summed E-state index contributed by atoms with van der Waals surface area (Å²) >= 11 is 0. The van der Waals surface area contributed by atoms with E-state index in [2.05, 4.69) is 96.3 Å². The van der Waals surface area contributed by atoms with Gasteiger partial charge in [0.05, 0.1) is 53.7 Å². The van der Waals surface area contributed by atoms with Crippen LogP contribution in [0.5, 0.6) is 0 Å². The fourth-order valence-electron chi connectivity index (χ4n) is 13.3. The fourth-order valence-corrected chi connectivity index (χ4v) is 17.7. The summed E-state index contributed by atoms with van der Waals surface area (Å²) < 4.78 is 51.2. The predicted octanol–water partition coefficient (Wildman–Crippen LogP) is 7.76. The van der Waals surface area contributed by atoms with Gasteiger partial charge in [0, 0.05) is 45.5 Å². The second-order valence-corrected chi connectivity index (χ2v) is 28.6. The van der Waals surface area contributed by atoms with Crippen molar-refractivity contribution in [2.45, 2.75) is 218 Å². The summed E-state index contributed by atoms with van der Waals surface area (Å²) in [6.07, 6.45) is -5.03. The number of unbranched alkanes of at least 4 members (excludes halogenated alkanes) is 3. The van der Waals surface area contributed by atoms with Gasteiger partial charge in [0.15, 0.2) is 24.8 Å². The number of hydrogen-bond acceptors (Lipinski definition) is 16. The van der Waals surface area contributed by atoms with E-state index in [1.165, 1.54) is 36.9 Å². The lowest BCUT2D eigenvalue weighted by Gasteiger charge is -2.49. The zero-order valence-electron chi connectivity index (χ0n) is 52.3. The Labute approximate surface area is 496 Å². The molecule has 83 heavy (non-hydrogen) atoms. The molecule has 18 heteroatoms. The highest BCUT2D eigenvalue weighted by Crippen LogP contribution is 2.56. The Hall–Kier alpha value is -4.10. The highest BCUT2D eigenvalue weighted by molar-refractivity contribution is 7.95. The third-order valence-corrected chi connectivity index (χ3v) is 22.5. The molecule has 3 aromatic carbocycles. The number of methoxy groups -OCH3 is 1. The average molecular weight is 1180 g/mol. The van der Waals surface area contributed by atoms with Gasteiger partial charge in [0.1, 0.15) is 41.0 Å². The second-order valence-electron chi connectivity index (χ2n) is 25.0. The van der Waals surface area contributed by atoms with Gasteiger partial charge < -0.3 is 63.4 Å². The maximum Gasteiger partial charge on any atom is 0.407 e. The van der Waals surface area contributed by atoms with Crippen molar-refractivity contribution in [3.63, 3.8) is 0 Å². The summed E-state index contributed by atoms with van der Waals surface area (Å²) in [5, 5.41) is 44.1. The van der Waals surface area contributed by atoms with Crippen LogP contribution in [0.15, 0.2) is 91.0 Å². The summed E-state index contributed by atoms with van der Waals surface area (Å²) in [6.45, 7) is 19.8. The van der Waals surface area contributed by atoms with E-state index in [4.69, 9.17) is 37.9 Å². The summed E-state index contributed by atoms with van der Waals surface area (Å²) in [5.74, 6) is -3.47. The number of benzene rings is 3. The lowest BCUT2D eigenvalue weighted by atomic mass is 9.77. The Morgan fingerprint density at radius 2 is 1.35 bits per heavy atom. The number of aliphatic hydroxyl groups excluding tert-OH is 1. The van der Waals surface area contributed by atoms with E-state index in [0.29, 0.717) is 25.9 Å². The van der Waals surface area contributed by atoms with E-state index in [9.17, 15) is 24.9 Å². The number of alkyl carbamates (subject to hydrolysis) is 1. The van der Waals surface area contributed by atoms with Gasteiger partial charge in [-0.05, 0) is 150 Å². The zero-order valence-corrected chi connectivity index (χ0v) is 53.2.